The molecule has 0 spiro atoms. The Morgan fingerprint density at radius 3 is 3.00 bits per heavy atom. The third kappa shape index (κ3) is 3.36. The van der Waals surface area contributed by atoms with Crippen molar-refractivity contribution in [2.45, 2.75) is 45.9 Å². The highest BCUT2D eigenvalue weighted by molar-refractivity contribution is 5.01. The number of morpholine rings is 1. The maximum Gasteiger partial charge on any atom is 0.180 e. The number of nitrogens with one attached hydrogen (secondary N) is 1. The monoisotopic (exact) mass is 304 g/mol. The molecule has 0 saturated carbocycles. The van der Waals surface area contributed by atoms with Crippen LogP contribution in [0.15, 0.2) is 12.3 Å². The maximum atomic E-state index is 5.82. The second-order valence-corrected chi connectivity index (χ2v) is 5.97. The van der Waals surface area contributed by atoms with Crippen LogP contribution in [-0.4, -0.2) is 49.6 Å². The van der Waals surface area contributed by atoms with Crippen LogP contribution < -0.4 is 0 Å². The molecule has 0 bridgehead atoms. The van der Waals surface area contributed by atoms with E-state index in [9.17, 15) is 0 Å². The average molecular weight is 304 g/mol. The number of ether oxygens (including phenoxy) is 1. The lowest BCUT2D eigenvalue weighted by atomic mass is 10.2. The van der Waals surface area contributed by atoms with Gasteiger partial charge in [0.1, 0.15) is 11.9 Å². The SMILES string of the molecule is CCc1nc([C@H]2CN(Cc3ccn(C(C)C)n3)CCO2)n[nH]1. The molecule has 1 aliphatic rings. The lowest BCUT2D eigenvalue weighted by Crippen LogP contribution is -2.38. The van der Waals surface area contributed by atoms with Gasteiger partial charge in [0, 0.05) is 38.3 Å². The molecule has 7 heteroatoms. The van der Waals surface area contributed by atoms with Crippen molar-refractivity contribution in [1.29, 1.82) is 0 Å². The molecule has 3 rings (SSSR count). The molecule has 0 unspecified atom stereocenters. The van der Waals surface area contributed by atoms with Crippen molar-refractivity contribution in [2.75, 3.05) is 19.7 Å². The van der Waals surface area contributed by atoms with Crippen LogP contribution in [0.5, 0.6) is 0 Å². The van der Waals surface area contributed by atoms with Crippen LogP contribution in [0.1, 0.15) is 50.3 Å². The summed E-state index contributed by atoms with van der Waals surface area (Å²) in [6, 6.07) is 2.49. The first-order valence-corrected chi connectivity index (χ1v) is 7.95. The summed E-state index contributed by atoms with van der Waals surface area (Å²) in [6.07, 6.45) is 2.84. The molecule has 3 heterocycles. The zero-order chi connectivity index (χ0) is 15.5. The predicted molar refractivity (Wildman–Crippen MR) is 82.3 cm³/mol. The van der Waals surface area contributed by atoms with Crippen molar-refractivity contribution < 1.29 is 4.74 Å². The summed E-state index contributed by atoms with van der Waals surface area (Å²) in [6.45, 7) is 9.58. The lowest BCUT2D eigenvalue weighted by Gasteiger charge is -2.30. The van der Waals surface area contributed by atoms with Crippen molar-refractivity contribution in [3.05, 3.63) is 29.6 Å². The molecular weight excluding hydrogens is 280 g/mol. The van der Waals surface area contributed by atoms with E-state index in [0.717, 1.165) is 43.4 Å². The first-order chi connectivity index (χ1) is 10.7. The largest absolute Gasteiger partial charge is 0.367 e. The molecule has 0 aliphatic carbocycles. The number of H-pyrrole nitrogens is 1. The average Bonchev–Trinajstić information content (AvgIpc) is 3.16. The van der Waals surface area contributed by atoms with Gasteiger partial charge < -0.3 is 4.74 Å². The van der Waals surface area contributed by atoms with E-state index in [1.807, 2.05) is 10.9 Å². The fourth-order valence-corrected chi connectivity index (χ4v) is 2.59. The Labute approximate surface area is 130 Å². The van der Waals surface area contributed by atoms with Gasteiger partial charge in [0.25, 0.3) is 0 Å². The highest BCUT2D eigenvalue weighted by atomic mass is 16.5. The molecule has 0 radical (unpaired) electrons. The number of hydrogen-bond donors (Lipinski definition) is 1. The van der Waals surface area contributed by atoms with Gasteiger partial charge in [-0.1, -0.05) is 6.92 Å². The minimum Gasteiger partial charge on any atom is -0.367 e. The van der Waals surface area contributed by atoms with E-state index >= 15 is 0 Å². The van der Waals surface area contributed by atoms with Gasteiger partial charge in [0.15, 0.2) is 5.82 Å². The molecule has 1 N–H and O–H groups in total. The summed E-state index contributed by atoms with van der Waals surface area (Å²) in [5.41, 5.74) is 1.10. The summed E-state index contributed by atoms with van der Waals surface area (Å²) < 4.78 is 7.82. The number of aryl methyl sites for hydroxylation is 1. The number of aromatic amines is 1. The molecule has 2 aromatic heterocycles. The minimum absolute atomic E-state index is 0.0579. The Hall–Kier alpha value is -1.73. The third-order valence-electron chi connectivity index (χ3n) is 3.90. The zero-order valence-electron chi connectivity index (χ0n) is 13.5. The number of aromatic nitrogens is 5. The minimum atomic E-state index is -0.0579. The summed E-state index contributed by atoms with van der Waals surface area (Å²) in [5.74, 6) is 1.67. The molecule has 0 amide bonds. The molecule has 1 saturated heterocycles. The normalized spacial score (nSPS) is 19.9. The summed E-state index contributed by atoms with van der Waals surface area (Å²) >= 11 is 0. The predicted octanol–water partition coefficient (Wildman–Crippen LogP) is 1.72. The summed E-state index contributed by atoms with van der Waals surface area (Å²) in [4.78, 5) is 6.83. The topological polar surface area (TPSA) is 71.9 Å². The lowest BCUT2D eigenvalue weighted by molar-refractivity contribution is -0.0374. The Bertz CT molecular complexity index is 605. The Balaban J connectivity index is 1.62. The van der Waals surface area contributed by atoms with Gasteiger partial charge in [-0.2, -0.15) is 10.2 Å². The van der Waals surface area contributed by atoms with Crippen molar-refractivity contribution in [1.82, 2.24) is 29.9 Å². The highest BCUT2D eigenvalue weighted by Crippen LogP contribution is 2.20. The molecule has 22 heavy (non-hydrogen) atoms. The quantitative estimate of drug-likeness (QED) is 0.910. The van der Waals surface area contributed by atoms with Crippen LogP contribution in [0.4, 0.5) is 0 Å². The van der Waals surface area contributed by atoms with Gasteiger partial charge in [-0.25, -0.2) is 4.98 Å². The summed E-state index contributed by atoms with van der Waals surface area (Å²) in [7, 11) is 0. The van der Waals surface area contributed by atoms with Gasteiger partial charge in [0.2, 0.25) is 0 Å². The Morgan fingerprint density at radius 2 is 2.32 bits per heavy atom. The van der Waals surface area contributed by atoms with E-state index < -0.39 is 0 Å². The summed E-state index contributed by atoms with van der Waals surface area (Å²) in [5, 5.41) is 11.8. The van der Waals surface area contributed by atoms with E-state index in [-0.39, 0.29) is 6.10 Å². The van der Waals surface area contributed by atoms with E-state index in [4.69, 9.17) is 4.74 Å². The molecule has 2 aromatic rings. The first-order valence-electron chi connectivity index (χ1n) is 7.95. The van der Waals surface area contributed by atoms with Gasteiger partial charge >= 0.3 is 0 Å². The smallest absolute Gasteiger partial charge is 0.180 e. The van der Waals surface area contributed by atoms with Crippen LogP contribution >= 0.6 is 0 Å². The van der Waals surface area contributed by atoms with Gasteiger partial charge in [-0.05, 0) is 19.9 Å². The molecule has 1 fully saturated rings. The van der Waals surface area contributed by atoms with Crippen molar-refractivity contribution in [3.63, 3.8) is 0 Å². The van der Waals surface area contributed by atoms with Crippen LogP contribution in [0.25, 0.3) is 0 Å². The van der Waals surface area contributed by atoms with Crippen LogP contribution in [0, 0.1) is 0 Å². The van der Waals surface area contributed by atoms with Crippen LogP contribution in [-0.2, 0) is 17.7 Å². The molecule has 7 nitrogen and oxygen atoms in total. The maximum absolute atomic E-state index is 5.82. The highest BCUT2D eigenvalue weighted by Gasteiger charge is 2.25. The number of rotatable bonds is 5. The molecular formula is C15H24N6O. The Morgan fingerprint density at radius 1 is 1.45 bits per heavy atom. The van der Waals surface area contributed by atoms with Crippen molar-refractivity contribution in [2.24, 2.45) is 0 Å². The van der Waals surface area contributed by atoms with Gasteiger partial charge in [-0.15, -0.1) is 0 Å². The van der Waals surface area contributed by atoms with E-state index in [1.54, 1.807) is 0 Å². The molecule has 1 aliphatic heterocycles. The van der Waals surface area contributed by atoms with Crippen molar-refractivity contribution >= 4 is 0 Å². The number of nitrogens with zero attached hydrogens (tertiary/aromatic N) is 5. The number of hydrogen-bond acceptors (Lipinski definition) is 5. The fourth-order valence-electron chi connectivity index (χ4n) is 2.59. The molecule has 1 atom stereocenters. The third-order valence-corrected chi connectivity index (χ3v) is 3.90. The first kappa shape index (κ1) is 15.2. The fraction of sp³-hybridized carbons (Fsp3) is 0.667. The molecule has 0 aromatic carbocycles. The zero-order valence-corrected chi connectivity index (χ0v) is 13.5. The van der Waals surface area contributed by atoms with Gasteiger partial charge in [-0.3, -0.25) is 14.7 Å². The van der Waals surface area contributed by atoms with Crippen molar-refractivity contribution in [3.8, 4) is 0 Å². The standard InChI is InChI=1S/C15H24N6O/c1-4-14-16-15(18-17-14)13-10-20(7-8-22-13)9-12-5-6-21(19-12)11(2)3/h5-6,11,13H,4,7-10H2,1-3H3,(H,16,17,18)/t13-/m1/s1. The van der Waals surface area contributed by atoms with E-state index in [2.05, 4.69) is 52.0 Å². The van der Waals surface area contributed by atoms with Gasteiger partial charge in [0.05, 0.1) is 12.3 Å². The van der Waals surface area contributed by atoms with E-state index in [1.165, 1.54) is 0 Å². The van der Waals surface area contributed by atoms with Crippen LogP contribution in [0.3, 0.4) is 0 Å². The Kier molecular flexibility index (Phi) is 4.54. The van der Waals surface area contributed by atoms with E-state index in [0.29, 0.717) is 12.6 Å². The molecule has 120 valence electrons. The second kappa shape index (κ2) is 6.58. The second-order valence-electron chi connectivity index (χ2n) is 5.97. The van der Waals surface area contributed by atoms with Crippen LogP contribution in [0.2, 0.25) is 0 Å².